The molecule has 1 aliphatic rings. The third-order valence-electron chi connectivity index (χ3n) is 3.40. The van der Waals surface area contributed by atoms with Crippen molar-refractivity contribution >= 4 is 5.69 Å². The Labute approximate surface area is 97.1 Å². The Morgan fingerprint density at radius 3 is 3.00 bits per heavy atom. The summed E-state index contributed by atoms with van der Waals surface area (Å²) in [4.78, 5) is 0. The van der Waals surface area contributed by atoms with E-state index in [0.29, 0.717) is 5.92 Å². The molecule has 1 N–H and O–H groups in total. The summed E-state index contributed by atoms with van der Waals surface area (Å²) in [6.07, 6.45) is 6.33. The van der Waals surface area contributed by atoms with Gasteiger partial charge in [0.25, 0.3) is 0 Å². The maximum Gasteiger partial charge on any atom is 0.123 e. The molecule has 2 heteroatoms. The number of fused-ring (bicyclic) bond motifs is 1. The summed E-state index contributed by atoms with van der Waals surface area (Å²) in [6.45, 7) is 3.20. The molecule has 0 aliphatic carbocycles. The summed E-state index contributed by atoms with van der Waals surface area (Å²) in [7, 11) is 0. The molecule has 1 atom stereocenters. The first-order valence-corrected chi connectivity index (χ1v) is 6.34. The molecule has 1 heterocycles. The number of hydrogen-bond acceptors (Lipinski definition) is 1. The topological polar surface area (TPSA) is 12.0 Å². The van der Waals surface area contributed by atoms with Crippen LogP contribution >= 0.6 is 0 Å². The standard InChI is InChI=1S/C14H20FN/c1-2-3-4-5-6-11-10-16-14-8-7-12(15)9-13(11)14/h7-9,11,16H,2-6,10H2,1H3. The van der Waals surface area contributed by atoms with Crippen LogP contribution in [0.15, 0.2) is 18.2 Å². The van der Waals surface area contributed by atoms with Crippen LogP contribution in [-0.4, -0.2) is 6.54 Å². The van der Waals surface area contributed by atoms with Gasteiger partial charge in [0.1, 0.15) is 5.82 Å². The Bertz CT molecular complexity index is 349. The lowest BCUT2D eigenvalue weighted by Gasteiger charge is -2.09. The molecule has 1 nitrogen and oxygen atoms in total. The van der Waals surface area contributed by atoms with Crippen molar-refractivity contribution in [1.29, 1.82) is 0 Å². The Hall–Kier alpha value is -1.05. The largest absolute Gasteiger partial charge is 0.384 e. The van der Waals surface area contributed by atoms with Gasteiger partial charge < -0.3 is 5.32 Å². The Balaban J connectivity index is 1.92. The maximum atomic E-state index is 13.2. The lowest BCUT2D eigenvalue weighted by molar-refractivity contribution is 0.574. The molecule has 0 bridgehead atoms. The van der Waals surface area contributed by atoms with E-state index in [-0.39, 0.29) is 5.82 Å². The maximum absolute atomic E-state index is 13.2. The van der Waals surface area contributed by atoms with Crippen LogP contribution in [0.3, 0.4) is 0 Å². The number of hydrogen-bond donors (Lipinski definition) is 1. The van der Waals surface area contributed by atoms with Crippen molar-refractivity contribution in [1.82, 2.24) is 0 Å². The lowest BCUT2D eigenvalue weighted by Crippen LogP contribution is -2.01. The van der Waals surface area contributed by atoms with E-state index in [1.807, 2.05) is 6.07 Å². The predicted octanol–water partition coefficient (Wildman–Crippen LogP) is 4.31. The molecular weight excluding hydrogens is 201 g/mol. The number of nitrogens with one attached hydrogen (secondary N) is 1. The minimum absolute atomic E-state index is 0.110. The molecular formula is C14H20FN. The van der Waals surface area contributed by atoms with Crippen LogP contribution < -0.4 is 5.32 Å². The van der Waals surface area contributed by atoms with E-state index in [9.17, 15) is 4.39 Å². The first-order valence-electron chi connectivity index (χ1n) is 6.34. The Morgan fingerprint density at radius 2 is 2.19 bits per heavy atom. The third-order valence-corrected chi connectivity index (χ3v) is 3.40. The first-order chi connectivity index (χ1) is 7.81. The highest BCUT2D eigenvalue weighted by Crippen LogP contribution is 2.35. The molecule has 1 aromatic rings. The van der Waals surface area contributed by atoms with Gasteiger partial charge in [-0.25, -0.2) is 4.39 Å². The van der Waals surface area contributed by atoms with Gasteiger partial charge in [0.2, 0.25) is 0 Å². The van der Waals surface area contributed by atoms with Gasteiger partial charge in [-0.3, -0.25) is 0 Å². The summed E-state index contributed by atoms with van der Waals surface area (Å²) >= 11 is 0. The zero-order chi connectivity index (χ0) is 11.4. The Kier molecular flexibility index (Phi) is 3.81. The van der Waals surface area contributed by atoms with E-state index in [2.05, 4.69) is 12.2 Å². The SMILES string of the molecule is CCCCCCC1CNc2ccc(F)cc21. The number of halogens is 1. The molecule has 0 saturated heterocycles. The molecule has 1 aliphatic heterocycles. The fraction of sp³-hybridized carbons (Fsp3) is 0.571. The number of anilines is 1. The normalized spacial score (nSPS) is 18.2. The van der Waals surface area contributed by atoms with Crippen molar-refractivity contribution in [3.63, 3.8) is 0 Å². The second-order valence-electron chi connectivity index (χ2n) is 4.66. The molecule has 88 valence electrons. The van der Waals surface area contributed by atoms with Gasteiger partial charge in [-0.2, -0.15) is 0 Å². The Morgan fingerprint density at radius 1 is 1.31 bits per heavy atom. The van der Waals surface area contributed by atoms with Crippen molar-refractivity contribution < 1.29 is 4.39 Å². The molecule has 0 saturated carbocycles. The summed E-state index contributed by atoms with van der Waals surface area (Å²) in [5.74, 6) is 0.406. The van der Waals surface area contributed by atoms with E-state index in [1.54, 1.807) is 6.07 Å². The van der Waals surface area contributed by atoms with Gasteiger partial charge in [0.05, 0.1) is 0 Å². The van der Waals surface area contributed by atoms with Crippen molar-refractivity contribution in [3.8, 4) is 0 Å². The van der Waals surface area contributed by atoms with Gasteiger partial charge in [0, 0.05) is 18.2 Å². The average Bonchev–Trinajstić information content (AvgIpc) is 2.67. The molecule has 0 radical (unpaired) electrons. The number of rotatable bonds is 5. The van der Waals surface area contributed by atoms with Crippen LogP contribution in [0.5, 0.6) is 0 Å². The van der Waals surface area contributed by atoms with Crippen molar-refractivity contribution in [2.24, 2.45) is 0 Å². The highest BCUT2D eigenvalue weighted by Gasteiger charge is 2.21. The van der Waals surface area contributed by atoms with E-state index in [4.69, 9.17) is 0 Å². The van der Waals surface area contributed by atoms with Crippen LogP contribution in [0.25, 0.3) is 0 Å². The van der Waals surface area contributed by atoms with Crippen LogP contribution in [-0.2, 0) is 0 Å². The molecule has 0 aromatic heterocycles. The van der Waals surface area contributed by atoms with Gasteiger partial charge >= 0.3 is 0 Å². The van der Waals surface area contributed by atoms with Crippen LogP contribution in [0.1, 0.15) is 50.5 Å². The highest BCUT2D eigenvalue weighted by atomic mass is 19.1. The van der Waals surface area contributed by atoms with E-state index < -0.39 is 0 Å². The van der Waals surface area contributed by atoms with Gasteiger partial charge in [-0.15, -0.1) is 0 Å². The van der Waals surface area contributed by atoms with Gasteiger partial charge in [0.15, 0.2) is 0 Å². The first kappa shape index (κ1) is 11.4. The van der Waals surface area contributed by atoms with Crippen LogP contribution in [0.2, 0.25) is 0 Å². The molecule has 0 spiro atoms. The zero-order valence-corrected chi connectivity index (χ0v) is 9.93. The third kappa shape index (κ3) is 2.55. The second-order valence-corrected chi connectivity index (χ2v) is 4.66. The summed E-state index contributed by atoms with van der Waals surface area (Å²) in [6, 6.07) is 5.09. The van der Waals surface area contributed by atoms with Crippen LogP contribution in [0.4, 0.5) is 10.1 Å². The molecule has 0 amide bonds. The number of benzene rings is 1. The highest BCUT2D eigenvalue weighted by molar-refractivity contribution is 5.57. The second kappa shape index (κ2) is 5.33. The summed E-state index contributed by atoms with van der Waals surface area (Å²) < 4.78 is 13.2. The van der Waals surface area contributed by atoms with Crippen molar-refractivity contribution in [3.05, 3.63) is 29.6 Å². The monoisotopic (exact) mass is 221 g/mol. The minimum Gasteiger partial charge on any atom is -0.384 e. The zero-order valence-electron chi connectivity index (χ0n) is 9.93. The van der Waals surface area contributed by atoms with Gasteiger partial charge in [-0.05, 0) is 30.2 Å². The summed E-state index contributed by atoms with van der Waals surface area (Å²) in [5, 5.41) is 3.35. The summed E-state index contributed by atoms with van der Waals surface area (Å²) in [5.41, 5.74) is 2.30. The fourth-order valence-corrected chi connectivity index (χ4v) is 2.45. The predicted molar refractivity (Wildman–Crippen MR) is 66.4 cm³/mol. The molecule has 0 fully saturated rings. The minimum atomic E-state index is -0.110. The number of unbranched alkanes of at least 4 members (excludes halogenated alkanes) is 3. The van der Waals surface area contributed by atoms with Crippen molar-refractivity contribution in [2.45, 2.75) is 44.9 Å². The fourth-order valence-electron chi connectivity index (χ4n) is 2.45. The average molecular weight is 221 g/mol. The van der Waals surface area contributed by atoms with Crippen LogP contribution in [0, 0.1) is 5.82 Å². The van der Waals surface area contributed by atoms with Crippen molar-refractivity contribution in [2.75, 3.05) is 11.9 Å². The smallest absolute Gasteiger partial charge is 0.123 e. The van der Waals surface area contributed by atoms with E-state index in [1.165, 1.54) is 43.7 Å². The van der Waals surface area contributed by atoms with Gasteiger partial charge in [-0.1, -0.05) is 32.6 Å². The molecule has 1 unspecified atom stereocenters. The molecule has 16 heavy (non-hydrogen) atoms. The quantitative estimate of drug-likeness (QED) is 0.731. The molecule has 2 rings (SSSR count). The lowest BCUT2D eigenvalue weighted by atomic mass is 9.95. The van der Waals surface area contributed by atoms with E-state index in [0.717, 1.165) is 12.2 Å². The molecule has 1 aromatic carbocycles. The van der Waals surface area contributed by atoms with E-state index >= 15 is 0 Å².